The molecule has 0 saturated carbocycles. The molecule has 0 unspecified atom stereocenters. The third-order valence-corrected chi connectivity index (χ3v) is 1.37. The zero-order valence-electron chi connectivity index (χ0n) is 6.30. The van der Waals surface area contributed by atoms with Crippen LogP contribution in [0.25, 0.3) is 11.6 Å². The third kappa shape index (κ3) is 1.28. The highest BCUT2D eigenvalue weighted by Crippen LogP contribution is 2.16. The summed E-state index contributed by atoms with van der Waals surface area (Å²) in [5.41, 5.74) is 0.368. The van der Waals surface area contributed by atoms with Gasteiger partial charge in [-0.05, 0) is 0 Å². The summed E-state index contributed by atoms with van der Waals surface area (Å²) < 4.78 is 9.40. The Morgan fingerprint density at radius 1 is 1.54 bits per heavy atom. The molecule has 13 heavy (non-hydrogen) atoms. The number of hydrogen-bond acceptors (Lipinski definition) is 5. The van der Waals surface area contributed by atoms with Crippen LogP contribution in [0.1, 0.15) is 10.6 Å². The number of carboxylic acids is 1. The van der Waals surface area contributed by atoms with Gasteiger partial charge in [0.1, 0.15) is 6.26 Å². The van der Waals surface area contributed by atoms with Gasteiger partial charge in [0.2, 0.25) is 11.7 Å². The highest BCUT2D eigenvalue weighted by molar-refractivity contribution is 5.84. The molecule has 66 valence electrons. The average Bonchev–Trinajstić information content (AvgIpc) is 2.75. The predicted molar refractivity (Wildman–Crippen MR) is 39.0 cm³/mol. The Balaban J connectivity index is 2.39. The molecular formula is C7H4N2O4. The normalized spacial score (nSPS) is 10.2. The minimum atomic E-state index is -1.16. The smallest absolute Gasteiger partial charge is 0.373 e. The van der Waals surface area contributed by atoms with Crippen LogP contribution in [0.5, 0.6) is 0 Å². The number of hydrogen-bond donors (Lipinski definition) is 1. The first-order valence-corrected chi connectivity index (χ1v) is 3.37. The molecule has 0 atom stereocenters. The van der Waals surface area contributed by atoms with Crippen molar-refractivity contribution in [2.45, 2.75) is 0 Å². The summed E-state index contributed by atoms with van der Waals surface area (Å²) in [6.07, 6.45) is 2.46. The standard InChI is InChI=1S/C7H4N2O4/c10-7(11)5-3-8-6(13-5)4-1-2-12-9-4/h1-3H,(H,10,11). The molecule has 0 aliphatic heterocycles. The second-order valence-corrected chi connectivity index (χ2v) is 2.22. The van der Waals surface area contributed by atoms with Crippen molar-refractivity contribution in [1.82, 2.24) is 10.1 Å². The summed E-state index contributed by atoms with van der Waals surface area (Å²) in [5, 5.41) is 12.1. The van der Waals surface area contributed by atoms with Crippen molar-refractivity contribution >= 4 is 5.97 Å². The maximum Gasteiger partial charge on any atom is 0.373 e. The second kappa shape index (κ2) is 2.74. The highest BCUT2D eigenvalue weighted by Gasteiger charge is 2.13. The number of aromatic nitrogens is 2. The Morgan fingerprint density at radius 3 is 2.92 bits per heavy atom. The van der Waals surface area contributed by atoms with Crippen molar-refractivity contribution in [3.63, 3.8) is 0 Å². The summed E-state index contributed by atoms with van der Waals surface area (Å²) in [7, 11) is 0. The third-order valence-electron chi connectivity index (χ3n) is 1.37. The van der Waals surface area contributed by atoms with Gasteiger partial charge in [-0.2, -0.15) is 0 Å². The fourth-order valence-corrected chi connectivity index (χ4v) is 0.814. The number of nitrogens with zero attached hydrogens (tertiary/aromatic N) is 2. The lowest BCUT2D eigenvalue weighted by Gasteiger charge is -1.84. The fourth-order valence-electron chi connectivity index (χ4n) is 0.814. The van der Waals surface area contributed by atoms with Gasteiger partial charge >= 0.3 is 5.97 Å². The van der Waals surface area contributed by atoms with Gasteiger partial charge in [-0.3, -0.25) is 0 Å². The lowest BCUT2D eigenvalue weighted by molar-refractivity contribution is 0.0663. The van der Waals surface area contributed by atoms with Crippen LogP contribution in [-0.2, 0) is 0 Å². The summed E-state index contributed by atoms with van der Waals surface area (Å²) in [4.78, 5) is 14.1. The Morgan fingerprint density at radius 2 is 2.38 bits per heavy atom. The number of carboxylic acid groups (broad SMARTS) is 1. The molecule has 6 heteroatoms. The van der Waals surface area contributed by atoms with E-state index in [0.717, 1.165) is 6.20 Å². The summed E-state index contributed by atoms with van der Waals surface area (Å²) in [6.45, 7) is 0. The Bertz CT molecular complexity index is 417. The first kappa shape index (κ1) is 7.53. The fraction of sp³-hybridized carbons (Fsp3) is 0. The van der Waals surface area contributed by atoms with Gasteiger partial charge in [-0.1, -0.05) is 5.16 Å². The summed E-state index contributed by atoms with van der Waals surface area (Å²) >= 11 is 0. The van der Waals surface area contributed by atoms with Crippen LogP contribution in [0.2, 0.25) is 0 Å². The van der Waals surface area contributed by atoms with Crippen LogP contribution in [0, 0.1) is 0 Å². The largest absolute Gasteiger partial charge is 0.475 e. The maximum atomic E-state index is 10.4. The van der Waals surface area contributed by atoms with Crippen molar-refractivity contribution in [2.24, 2.45) is 0 Å². The molecule has 0 radical (unpaired) electrons. The molecule has 2 aromatic rings. The van der Waals surface area contributed by atoms with Gasteiger partial charge in [-0.15, -0.1) is 0 Å². The van der Waals surface area contributed by atoms with E-state index in [1.165, 1.54) is 12.3 Å². The van der Waals surface area contributed by atoms with Crippen LogP contribution in [-0.4, -0.2) is 21.2 Å². The lowest BCUT2D eigenvalue weighted by atomic mass is 10.4. The van der Waals surface area contributed by atoms with Crippen molar-refractivity contribution < 1.29 is 18.8 Å². The van der Waals surface area contributed by atoms with Crippen LogP contribution in [0.15, 0.2) is 27.5 Å². The molecular weight excluding hydrogens is 176 g/mol. The van der Waals surface area contributed by atoms with Gasteiger partial charge < -0.3 is 14.0 Å². The van der Waals surface area contributed by atoms with Crippen LogP contribution in [0.4, 0.5) is 0 Å². The molecule has 2 heterocycles. The topological polar surface area (TPSA) is 89.4 Å². The Kier molecular flexibility index (Phi) is 1.59. The first-order chi connectivity index (χ1) is 6.27. The Hall–Kier alpha value is -2.11. The minimum Gasteiger partial charge on any atom is -0.475 e. The first-order valence-electron chi connectivity index (χ1n) is 3.37. The van der Waals surface area contributed by atoms with E-state index >= 15 is 0 Å². The quantitative estimate of drug-likeness (QED) is 0.742. The van der Waals surface area contributed by atoms with E-state index in [1.54, 1.807) is 0 Å². The van der Waals surface area contributed by atoms with E-state index in [-0.39, 0.29) is 11.7 Å². The van der Waals surface area contributed by atoms with Crippen LogP contribution < -0.4 is 0 Å². The van der Waals surface area contributed by atoms with Gasteiger partial charge in [0.05, 0.1) is 6.20 Å². The van der Waals surface area contributed by atoms with Crippen LogP contribution >= 0.6 is 0 Å². The molecule has 0 bridgehead atoms. The van der Waals surface area contributed by atoms with E-state index in [4.69, 9.17) is 9.52 Å². The SMILES string of the molecule is O=C(O)c1cnc(-c2ccon2)o1. The van der Waals surface area contributed by atoms with Gasteiger partial charge in [0.15, 0.2) is 5.69 Å². The van der Waals surface area contributed by atoms with Crippen molar-refractivity contribution in [3.05, 3.63) is 24.3 Å². The number of carbonyl (C=O) groups is 1. The average molecular weight is 180 g/mol. The molecule has 0 spiro atoms. The van der Waals surface area contributed by atoms with Gasteiger partial charge in [-0.25, -0.2) is 9.78 Å². The molecule has 0 aliphatic rings. The van der Waals surface area contributed by atoms with E-state index in [2.05, 4.69) is 14.7 Å². The molecule has 6 nitrogen and oxygen atoms in total. The molecule has 0 aliphatic carbocycles. The highest BCUT2D eigenvalue weighted by atomic mass is 16.5. The molecule has 1 N–H and O–H groups in total. The molecule has 2 rings (SSSR count). The van der Waals surface area contributed by atoms with Gasteiger partial charge in [0.25, 0.3) is 0 Å². The van der Waals surface area contributed by atoms with E-state index in [1.807, 2.05) is 0 Å². The van der Waals surface area contributed by atoms with E-state index < -0.39 is 5.97 Å². The molecule has 0 fully saturated rings. The van der Waals surface area contributed by atoms with Crippen molar-refractivity contribution in [3.8, 4) is 11.6 Å². The van der Waals surface area contributed by atoms with E-state index in [0.29, 0.717) is 5.69 Å². The lowest BCUT2D eigenvalue weighted by Crippen LogP contribution is -1.91. The molecule has 2 aromatic heterocycles. The van der Waals surface area contributed by atoms with Crippen molar-refractivity contribution in [2.75, 3.05) is 0 Å². The predicted octanol–water partition coefficient (Wildman–Crippen LogP) is 1.03. The van der Waals surface area contributed by atoms with Gasteiger partial charge in [0, 0.05) is 6.07 Å². The zero-order chi connectivity index (χ0) is 9.26. The molecule has 0 aromatic carbocycles. The van der Waals surface area contributed by atoms with Crippen molar-refractivity contribution in [1.29, 1.82) is 0 Å². The van der Waals surface area contributed by atoms with E-state index in [9.17, 15) is 4.79 Å². The number of aromatic carboxylic acids is 1. The number of oxazole rings is 1. The second-order valence-electron chi connectivity index (χ2n) is 2.22. The monoisotopic (exact) mass is 180 g/mol. The molecule has 0 saturated heterocycles. The summed E-state index contributed by atoms with van der Waals surface area (Å²) in [6, 6.07) is 1.53. The zero-order valence-corrected chi connectivity index (χ0v) is 6.30. The summed E-state index contributed by atoms with van der Waals surface area (Å²) in [5.74, 6) is -1.26. The maximum absolute atomic E-state index is 10.4. The number of rotatable bonds is 2. The minimum absolute atomic E-state index is 0.131. The molecule has 0 amide bonds. The van der Waals surface area contributed by atoms with Crippen LogP contribution in [0.3, 0.4) is 0 Å². The Labute approximate surface area is 71.8 Å².